The van der Waals surface area contributed by atoms with Crippen LogP contribution in [0.1, 0.15) is 37.3 Å². The average molecular weight is 233 g/mol. The van der Waals surface area contributed by atoms with Crippen molar-refractivity contribution in [2.75, 3.05) is 13.1 Å². The van der Waals surface area contributed by atoms with Gasteiger partial charge >= 0.3 is 5.97 Å². The van der Waals surface area contributed by atoms with Crippen LogP contribution in [0.2, 0.25) is 0 Å². The van der Waals surface area contributed by atoms with Gasteiger partial charge in [-0.25, -0.2) is 0 Å². The summed E-state index contributed by atoms with van der Waals surface area (Å²) in [4.78, 5) is 13.0. The van der Waals surface area contributed by atoms with Crippen molar-refractivity contribution in [1.29, 1.82) is 0 Å². The predicted octanol–water partition coefficient (Wildman–Crippen LogP) is 2.69. The van der Waals surface area contributed by atoms with E-state index in [9.17, 15) is 4.79 Å². The lowest BCUT2D eigenvalue weighted by molar-refractivity contribution is -0.138. The second kappa shape index (κ2) is 5.82. The van der Waals surface area contributed by atoms with Gasteiger partial charge in [0.15, 0.2) is 0 Å². The average Bonchev–Trinajstić information content (AvgIpc) is 2.55. The van der Waals surface area contributed by atoms with Crippen LogP contribution < -0.4 is 0 Å². The summed E-state index contributed by atoms with van der Waals surface area (Å²) < 4.78 is 0. The molecule has 1 N–H and O–H groups in total. The van der Waals surface area contributed by atoms with E-state index in [1.807, 2.05) is 18.2 Å². The molecule has 0 spiro atoms. The Hall–Kier alpha value is -1.35. The van der Waals surface area contributed by atoms with E-state index in [1.54, 1.807) is 0 Å². The van der Waals surface area contributed by atoms with Crippen molar-refractivity contribution >= 4 is 5.97 Å². The van der Waals surface area contributed by atoms with E-state index >= 15 is 0 Å². The summed E-state index contributed by atoms with van der Waals surface area (Å²) in [7, 11) is 0. The molecule has 0 radical (unpaired) electrons. The van der Waals surface area contributed by atoms with Crippen molar-refractivity contribution in [3.63, 3.8) is 0 Å². The first-order valence-corrected chi connectivity index (χ1v) is 6.28. The molecule has 1 aliphatic rings. The monoisotopic (exact) mass is 233 g/mol. The quantitative estimate of drug-likeness (QED) is 0.872. The summed E-state index contributed by atoms with van der Waals surface area (Å²) in [5, 5.41) is 8.98. The SMILES string of the molecule is O=C(O)CN1CCCCC[C@@H]1c1ccccc1. The summed E-state index contributed by atoms with van der Waals surface area (Å²) in [6.07, 6.45) is 4.57. The Morgan fingerprint density at radius 3 is 2.71 bits per heavy atom. The van der Waals surface area contributed by atoms with E-state index in [-0.39, 0.29) is 12.6 Å². The Balaban J connectivity index is 2.17. The normalized spacial score (nSPS) is 22.0. The molecule has 17 heavy (non-hydrogen) atoms. The number of hydrogen-bond acceptors (Lipinski definition) is 2. The van der Waals surface area contributed by atoms with Gasteiger partial charge in [0, 0.05) is 6.04 Å². The molecule has 1 fully saturated rings. The van der Waals surface area contributed by atoms with Gasteiger partial charge in [-0.15, -0.1) is 0 Å². The second-order valence-electron chi connectivity index (χ2n) is 4.64. The van der Waals surface area contributed by atoms with Crippen LogP contribution in [0, 0.1) is 0 Å². The third kappa shape index (κ3) is 3.30. The first-order chi connectivity index (χ1) is 8.27. The van der Waals surface area contributed by atoms with Crippen molar-refractivity contribution in [3.05, 3.63) is 35.9 Å². The van der Waals surface area contributed by atoms with Gasteiger partial charge in [-0.05, 0) is 24.9 Å². The molecule has 0 saturated carbocycles. The summed E-state index contributed by atoms with van der Waals surface area (Å²) >= 11 is 0. The molecule has 1 atom stereocenters. The Kier molecular flexibility index (Phi) is 4.15. The van der Waals surface area contributed by atoms with Crippen LogP contribution in [0.4, 0.5) is 0 Å². The first-order valence-electron chi connectivity index (χ1n) is 6.28. The number of carboxylic acid groups (broad SMARTS) is 1. The number of carbonyl (C=O) groups is 1. The number of carboxylic acids is 1. The molecule has 1 saturated heterocycles. The van der Waals surface area contributed by atoms with Crippen LogP contribution in [0.3, 0.4) is 0 Å². The zero-order valence-electron chi connectivity index (χ0n) is 10.0. The lowest BCUT2D eigenvalue weighted by atomic mass is 10.0. The number of nitrogens with zero attached hydrogens (tertiary/aromatic N) is 1. The summed E-state index contributed by atoms with van der Waals surface area (Å²) in [6, 6.07) is 10.5. The summed E-state index contributed by atoms with van der Waals surface area (Å²) in [5.41, 5.74) is 1.25. The van der Waals surface area contributed by atoms with E-state index in [2.05, 4.69) is 17.0 Å². The fraction of sp³-hybridized carbons (Fsp3) is 0.500. The zero-order chi connectivity index (χ0) is 12.1. The molecule has 1 aliphatic heterocycles. The van der Waals surface area contributed by atoms with Crippen LogP contribution in [0.15, 0.2) is 30.3 Å². The summed E-state index contributed by atoms with van der Waals surface area (Å²) in [5.74, 6) is -0.729. The molecule has 2 rings (SSSR count). The largest absolute Gasteiger partial charge is 0.480 e. The molecule has 1 heterocycles. The highest BCUT2D eigenvalue weighted by Gasteiger charge is 2.23. The Labute approximate surface area is 102 Å². The van der Waals surface area contributed by atoms with Gasteiger partial charge in [0.05, 0.1) is 6.54 Å². The van der Waals surface area contributed by atoms with Crippen LogP contribution in [0.25, 0.3) is 0 Å². The van der Waals surface area contributed by atoms with Crippen molar-refractivity contribution in [1.82, 2.24) is 4.90 Å². The molecule has 0 amide bonds. The van der Waals surface area contributed by atoms with Gasteiger partial charge in [0.2, 0.25) is 0 Å². The van der Waals surface area contributed by atoms with Gasteiger partial charge in [0.25, 0.3) is 0 Å². The fourth-order valence-electron chi connectivity index (χ4n) is 2.58. The van der Waals surface area contributed by atoms with Crippen LogP contribution in [-0.2, 0) is 4.79 Å². The summed E-state index contributed by atoms with van der Waals surface area (Å²) in [6.45, 7) is 1.05. The highest BCUT2D eigenvalue weighted by molar-refractivity contribution is 5.69. The van der Waals surface area contributed by atoms with Crippen molar-refractivity contribution < 1.29 is 9.90 Å². The number of aliphatic carboxylic acids is 1. The lowest BCUT2D eigenvalue weighted by Crippen LogP contribution is -2.33. The predicted molar refractivity (Wildman–Crippen MR) is 66.9 cm³/mol. The van der Waals surface area contributed by atoms with Crippen molar-refractivity contribution in [2.24, 2.45) is 0 Å². The maximum absolute atomic E-state index is 10.9. The minimum Gasteiger partial charge on any atom is -0.480 e. The van der Waals surface area contributed by atoms with Crippen molar-refractivity contribution in [3.8, 4) is 0 Å². The highest BCUT2D eigenvalue weighted by Crippen LogP contribution is 2.29. The van der Waals surface area contributed by atoms with Crippen molar-refractivity contribution in [2.45, 2.75) is 31.7 Å². The molecule has 1 aromatic rings. The van der Waals surface area contributed by atoms with Gasteiger partial charge in [0.1, 0.15) is 0 Å². The molecular weight excluding hydrogens is 214 g/mol. The van der Waals surface area contributed by atoms with Gasteiger partial charge < -0.3 is 5.11 Å². The molecule has 1 aromatic carbocycles. The number of likely N-dealkylation sites (tertiary alicyclic amines) is 1. The Bertz CT molecular complexity index is 364. The second-order valence-corrected chi connectivity index (χ2v) is 4.64. The minimum atomic E-state index is -0.729. The minimum absolute atomic E-state index is 0.152. The van der Waals surface area contributed by atoms with Crippen LogP contribution >= 0.6 is 0 Å². The van der Waals surface area contributed by atoms with E-state index in [4.69, 9.17) is 5.11 Å². The first kappa shape index (κ1) is 12.1. The third-order valence-electron chi connectivity index (χ3n) is 3.39. The smallest absolute Gasteiger partial charge is 0.317 e. The molecular formula is C14H19NO2. The maximum atomic E-state index is 10.9. The Morgan fingerprint density at radius 2 is 2.00 bits per heavy atom. The number of hydrogen-bond donors (Lipinski definition) is 1. The maximum Gasteiger partial charge on any atom is 0.317 e. The van der Waals surface area contributed by atoms with Gasteiger partial charge in [-0.3, -0.25) is 9.69 Å². The fourth-order valence-corrected chi connectivity index (χ4v) is 2.58. The zero-order valence-corrected chi connectivity index (χ0v) is 10.0. The Morgan fingerprint density at radius 1 is 1.24 bits per heavy atom. The van der Waals surface area contributed by atoms with Crippen LogP contribution in [-0.4, -0.2) is 29.1 Å². The van der Waals surface area contributed by atoms with E-state index < -0.39 is 5.97 Å². The standard InChI is InChI=1S/C14H19NO2/c16-14(17)11-15-10-6-2-5-9-13(15)12-7-3-1-4-8-12/h1,3-4,7-8,13H,2,5-6,9-11H2,(H,16,17)/t13-/m1/s1. The number of rotatable bonds is 3. The topological polar surface area (TPSA) is 40.5 Å². The molecule has 0 aliphatic carbocycles. The van der Waals surface area contributed by atoms with E-state index in [0.717, 1.165) is 19.4 Å². The molecule has 3 nitrogen and oxygen atoms in total. The molecule has 0 unspecified atom stereocenters. The van der Waals surface area contributed by atoms with E-state index in [0.29, 0.717) is 0 Å². The number of benzene rings is 1. The van der Waals surface area contributed by atoms with Crippen LogP contribution in [0.5, 0.6) is 0 Å². The third-order valence-corrected chi connectivity index (χ3v) is 3.39. The lowest BCUT2D eigenvalue weighted by Gasteiger charge is -2.28. The molecule has 92 valence electrons. The highest BCUT2D eigenvalue weighted by atomic mass is 16.4. The molecule has 0 bridgehead atoms. The van der Waals surface area contributed by atoms with Gasteiger partial charge in [-0.1, -0.05) is 43.2 Å². The molecule has 0 aromatic heterocycles. The van der Waals surface area contributed by atoms with E-state index in [1.165, 1.54) is 18.4 Å². The molecule has 3 heteroatoms. The van der Waals surface area contributed by atoms with Gasteiger partial charge in [-0.2, -0.15) is 0 Å².